The van der Waals surface area contributed by atoms with Crippen LogP contribution in [0.1, 0.15) is 5.56 Å². The molecule has 0 saturated heterocycles. The Hall–Kier alpha value is -1.80. The van der Waals surface area contributed by atoms with Gasteiger partial charge in [0.2, 0.25) is 0 Å². The second kappa shape index (κ2) is 3.90. The number of halogens is 1. The maximum Gasteiger partial charge on any atom is 0.140 e. The van der Waals surface area contributed by atoms with Gasteiger partial charge < -0.3 is 4.98 Å². The Kier molecular flexibility index (Phi) is 2.37. The van der Waals surface area contributed by atoms with E-state index in [-0.39, 0.29) is 0 Å². The van der Waals surface area contributed by atoms with Crippen molar-refractivity contribution in [2.24, 2.45) is 0 Å². The van der Waals surface area contributed by atoms with Gasteiger partial charge in [-0.25, -0.2) is 4.98 Å². The van der Waals surface area contributed by atoms with Gasteiger partial charge in [-0.3, -0.25) is 0 Å². The summed E-state index contributed by atoms with van der Waals surface area (Å²) >= 11 is 6.30. The highest BCUT2D eigenvalue weighted by molar-refractivity contribution is 6.34. The van der Waals surface area contributed by atoms with Crippen LogP contribution < -0.4 is 0 Å². The monoisotopic (exact) mass is 242 g/mol. The quantitative estimate of drug-likeness (QED) is 0.681. The van der Waals surface area contributed by atoms with E-state index in [1.807, 2.05) is 49.4 Å². The fourth-order valence-corrected chi connectivity index (χ4v) is 2.13. The van der Waals surface area contributed by atoms with Crippen LogP contribution in [0.25, 0.3) is 22.4 Å². The van der Waals surface area contributed by atoms with E-state index in [4.69, 9.17) is 11.6 Å². The number of aromatic amines is 1. The van der Waals surface area contributed by atoms with Crippen LogP contribution in [0.3, 0.4) is 0 Å². The molecule has 1 N–H and O–H groups in total. The maximum absolute atomic E-state index is 6.30. The number of hydrogen-bond donors (Lipinski definition) is 1. The predicted octanol–water partition coefficient (Wildman–Crippen LogP) is 4.19. The third-order valence-corrected chi connectivity index (χ3v) is 3.34. The molecule has 84 valence electrons. The van der Waals surface area contributed by atoms with E-state index in [1.54, 1.807) is 0 Å². The zero-order valence-electron chi connectivity index (χ0n) is 9.37. The summed E-state index contributed by atoms with van der Waals surface area (Å²) in [5, 5.41) is 0.756. The molecule has 0 aliphatic heterocycles. The molecule has 0 aliphatic rings. The molecule has 1 aromatic heterocycles. The molecule has 17 heavy (non-hydrogen) atoms. The largest absolute Gasteiger partial charge is 0.338 e. The smallest absolute Gasteiger partial charge is 0.140 e. The highest BCUT2D eigenvalue weighted by atomic mass is 35.5. The van der Waals surface area contributed by atoms with Gasteiger partial charge in [0.25, 0.3) is 0 Å². The van der Waals surface area contributed by atoms with Crippen molar-refractivity contribution in [3.8, 4) is 11.4 Å². The van der Waals surface area contributed by atoms with E-state index in [0.717, 1.165) is 33.0 Å². The molecule has 0 fully saturated rings. The average molecular weight is 243 g/mol. The summed E-state index contributed by atoms with van der Waals surface area (Å²) in [5.74, 6) is 0.819. The second-order valence-electron chi connectivity index (χ2n) is 4.04. The SMILES string of the molecule is Cc1cccc(-c2nc3ccccc3[nH]2)c1Cl. The molecule has 1 heterocycles. The molecule has 0 saturated carbocycles. The number of nitrogens with one attached hydrogen (secondary N) is 1. The lowest BCUT2D eigenvalue weighted by Crippen LogP contribution is -1.84. The van der Waals surface area contributed by atoms with Crippen LogP contribution in [0.4, 0.5) is 0 Å². The molecule has 2 nitrogen and oxygen atoms in total. The van der Waals surface area contributed by atoms with Gasteiger partial charge in [0.05, 0.1) is 16.1 Å². The number of imidazole rings is 1. The first-order chi connectivity index (χ1) is 8.25. The van der Waals surface area contributed by atoms with Gasteiger partial charge in [0, 0.05) is 5.56 Å². The number of para-hydroxylation sites is 2. The second-order valence-corrected chi connectivity index (χ2v) is 4.42. The number of benzene rings is 2. The molecule has 3 aromatic rings. The van der Waals surface area contributed by atoms with Crippen LogP contribution in [-0.2, 0) is 0 Å². The summed E-state index contributed by atoms with van der Waals surface area (Å²) < 4.78 is 0. The number of aryl methyl sites for hydroxylation is 1. The van der Waals surface area contributed by atoms with E-state index >= 15 is 0 Å². The third kappa shape index (κ3) is 1.71. The van der Waals surface area contributed by atoms with Crippen molar-refractivity contribution in [1.29, 1.82) is 0 Å². The normalized spacial score (nSPS) is 10.9. The molecule has 0 aliphatic carbocycles. The van der Waals surface area contributed by atoms with E-state index in [0.29, 0.717) is 0 Å². The first kappa shape index (κ1) is 10.4. The molecule has 0 amide bonds. The van der Waals surface area contributed by atoms with Crippen molar-refractivity contribution in [3.63, 3.8) is 0 Å². The van der Waals surface area contributed by atoms with Crippen molar-refractivity contribution in [3.05, 3.63) is 53.1 Å². The summed E-state index contributed by atoms with van der Waals surface area (Å²) in [6.07, 6.45) is 0. The summed E-state index contributed by atoms with van der Waals surface area (Å²) in [6, 6.07) is 13.9. The van der Waals surface area contributed by atoms with E-state index in [9.17, 15) is 0 Å². The van der Waals surface area contributed by atoms with Gasteiger partial charge in [-0.1, -0.05) is 35.9 Å². The number of rotatable bonds is 1. The molecule has 0 unspecified atom stereocenters. The molecule has 0 atom stereocenters. The molecule has 0 spiro atoms. The summed E-state index contributed by atoms with van der Waals surface area (Å²) in [4.78, 5) is 7.83. The molecular weight excluding hydrogens is 232 g/mol. The highest BCUT2D eigenvalue weighted by Crippen LogP contribution is 2.29. The molecular formula is C14H11ClN2. The molecule has 3 rings (SSSR count). The Morgan fingerprint density at radius 3 is 2.71 bits per heavy atom. The molecule has 0 bridgehead atoms. The van der Waals surface area contributed by atoms with Gasteiger partial charge in [-0.15, -0.1) is 0 Å². The van der Waals surface area contributed by atoms with Crippen molar-refractivity contribution >= 4 is 22.6 Å². The van der Waals surface area contributed by atoms with Gasteiger partial charge in [0.1, 0.15) is 5.82 Å². The van der Waals surface area contributed by atoms with Crippen molar-refractivity contribution < 1.29 is 0 Å². The molecule has 0 radical (unpaired) electrons. The van der Waals surface area contributed by atoms with Crippen molar-refractivity contribution in [2.45, 2.75) is 6.92 Å². The standard InChI is InChI=1S/C14H11ClN2/c1-9-5-4-6-10(13(9)15)14-16-11-7-2-3-8-12(11)17-14/h2-8H,1H3,(H,16,17). The van der Waals surface area contributed by atoms with Gasteiger partial charge in [0.15, 0.2) is 0 Å². The van der Waals surface area contributed by atoms with Crippen molar-refractivity contribution in [2.75, 3.05) is 0 Å². The number of nitrogens with zero attached hydrogens (tertiary/aromatic N) is 1. The number of fused-ring (bicyclic) bond motifs is 1. The van der Waals surface area contributed by atoms with Crippen LogP contribution in [0.2, 0.25) is 5.02 Å². The van der Waals surface area contributed by atoms with Gasteiger partial charge in [-0.05, 0) is 30.7 Å². The molecule has 3 heteroatoms. The maximum atomic E-state index is 6.30. The van der Waals surface area contributed by atoms with E-state index < -0.39 is 0 Å². The molecule has 2 aromatic carbocycles. The van der Waals surface area contributed by atoms with Crippen molar-refractivity contribution in [1.82, 2.24) is 9.97 Å². The first-order valence-corrected chi connectivity index (χ1v) is 5.84. The van der Waals surface area contributed by atoms with Crippen LogP contribution >= 0.6 is 11.6 Å². The fourth-order valence-electron chi connectivity index (χ4n) is 1.91. The van der Waals surface area contributed by atoms with Crippen LogP contribution in [0.15, 0.2) is 42.5 Å². The lowest BCUT2D eigenvalue weighted by molar-refractivity contribution is 1.32. The van der Waals surface area contributed by atoms with E-state index in [1.165, 1.54) is 0 Å². The Balaban J connectivity index is 2.24. The summed E-state index contributed by atoms with van der Waals surface area (Å²) in [7, 11) is 0. The third-order valence-electron chi connectivity index (χ3n) is 2.84. The predicted molar refractivity (Wildman–Crippen MR) is 71.3 cm³/mol. The number of H-pyrrole nitrogens is 1. The van der Waals surface area contributed by atoms with Crippen LogP contribution in [0.5, 0.6) is 0 Å². The van der Waals surface area contributed by atoms with Crippen LogP contribution in [-0.4, -0.2) is 9.97 Å². The number of aromatic nitrogens is 2. The highest BCUT2D eigenvalue weighted by Gasteiger charge is 2.09. The van der Waals surface area contributed by atoms with E-state index in [2.05, 4.69) is 9.97 Å². The Bertz CT molecular complexity index is 653. The fraction of sp³-hybridized carbons (Fsp3) is 0.0714. The lowest BCUT2D eigenvalue weighted by atomic mass is 10.1. The average Bonchev–Trinajstić information content (AvgIpc) is 2.76. The zero-order valence-corrected chi connectivity index (χ0v) is 10.1. The minimum absolute atomic E-state index is 0.756. The van der Waals surface area contributed by atoms with Gasteiger partial charge >= 0.3 is 0 Å². The Morgan fingerprint density at radius 1 is 1.06 bits per heavy atom. The summed E-state index contributed by atoms with van der Waals surface area (Å²) in [6.45, 7) is 1.99. The summed E-state index contributed by atoms with van der Waals surface area (Å²) in [5.41, 5.74) is 3.99. The lowest BCUT2D eigenvalue weighted by Gasteiger charge is -2.02. The number of hydrogen-bond acceptors (Lipinski definition) is 1. The van der Waals surface area contributed by atoms with Gasteiger partial charge in [-0.2, -0.15) is 0 Å². The first-order valence-electron chi connectivity index (χ1n) is 5.46. The topological polar surface area (TPSA) is 28.7 Å². The Morgan fingerprint density at radius 2 is 1.88 bits per heavy atom. The zero-order chi connectivity index (χ0) is 11.8. The van der Waals surface area contributed by atoms with Crippen LogP contribution in [0, 0.1) is 6.92 Å². The Labute approximate surface area is 104 Å². The minimum Gasteiger partial charge on any atom is -0.338 e. The minimum atomic E-state index is 0.756.